The van der Waals surface area contributed by atoms with E-state index in [4.69, 9.17) is 0 Å². The van der Waals surface area contributed by atoms with Gasteiger partial charge in [-0.05, 0) is 6.42 Å². The maximum absolute atomic E-state index is 10.9. The molecule has 0 spiro atoms. The van der Waals surface area contributed by atoms with Crippen LogP contribution in [-0.4, -0.2) is 28.0 Å². The summed E-state index contributed by atoms with van der Waals surface area (Å²) in [6, 6.07) is 0. The second-order valence-electron chi connectivity index (χ2n) is 5.60. The Morgan fingerprint density at radius 3 is 1.46 bits per heavy atom. The third-order valence-electron chi connectivity index (χ3n) is 3.39. The molecule has 0 heterocycles. The molecule has 0 unspecified atom stereocenters. The van der Waals surface area contributed by atoms with Crippen molar-refractivity contribution in [3.63, 3.8) is 0 Å². The molecule has 0 N–H and O–H groups in total. The van der Waals surface area contributed by atoms with Gasteiger partial charge in [0.05, 0.1) is 6.61 Å². The molecular formula is C14H29NaO7S2. The van der Waals surface area contributed by atoms with Gasteiger partial charge >= 0.3 is 40.0 Å². The molecule has 0 atom stereocenters. The van der Waals surface area contributed by atoms with Crippen LogP contribution in [0.5, 0.6) is 0 Å². The Balaban J connectivity index is 0. The summed E-state index contributed by atoms with van der Waals surface area (Å²) in [5.41, 5.74) is 0. The van der Waals surface area contributed by atoms with E-state index in [9.17, 15) is 21.4 Å². The van der Waals surface area contributed by atoms with Crippen LogP contribution in [0.3, 0.4) is 0 Å². The summed E-state index contributed by atoms with van der Waals surface area (Å²) >= 11 is 0. The largest absolute Gasteiger partial charge is 1.00 e. The van der Waals surface area contributed by atoms with Gasteiger partial charge < -0.3 is 4.55 Å². The Morgan fingerprint density at radius 2 is 1.08 bits per heavy atom. The molecule has 7 nitrogen and oxygen atoms in total. The number of rotatable bonds is 16. The zero-order valence-electron chi connectivity index (χ0n) is 14.9. The van der Waals surface area contributed by atoms with Crippen LogP contribution in [0, 0.1) is 0 Å². The number of hydrogen-bond donors (Lipinski definition) is 0. The summed E-state index contributed by atoms with van der Waals surface area (Å²) in [6.45, 7) is 2.02. The Hall–Kier alpha value is 0.780. The molecule has 0 aromatic heterocycles. The first-order valence-corrected chi connectivity index (χ1v) is 11.0. The minimum absolute atomic E-state index is 0. The molecule has 0 aliphatic carbocycles. The Morgan fingerprint density at radius 1 is 0.708 bits per heavy atom. The van der Waals surface area contributed by atoms with E-state index in [1.807, 2.05) is 0 Å². The standard InChI is InChI=1S/C14H30O7S2.Na/c1-2-3-4-5-6-7-8-9-10-11-12-13-14-20-23(18,19)21-22(15,16)17;/h2-14H2,1H3,(H,15,16,17);/q;+1/p-1. The summed E-state index contributed by atoms with van der Waals surface area (Å²) in [5.74, 6) is 0. The van der Waals surface area contributed by atoms with E-state index >= 15 is 0 Å². The van der Waals surface area contributed by atoms with Crippen LogP contribution in [-0.2, 0) is 28.6 Å². The fourth-order valence-electron chi connectivity index (χ4n) is 2.23. The maximum atomic E-state index is 10.9. The zero-order valence-corrected chi connectivity index (χ0v) is 18.5. The van der Waals surface area contributed by atoms with Gasteiger partial charge in [0, 0.05) is 0 Å². The van der Waals surface area contributed by atoms with Crippen LogP contribution >= 0.6 is 0 Å². The second-order valence-corrected chi connectivity index (χ2v) is 8.01. The molecule has 0 saturated carbocycles. The van der Waals surface area contributed by atoms with Crippen LogP contribution in [0.1, 0.15) is 84.0 Å². The van der Waals surface area contributed by atoms with Crippen molar-refractivity contribution < 1.29 is 58.8 Å². The number of unbranched alkanes of at least 4 members (excludes halogenated alkanes) is 11. The van der Waals surface area contributed by atoms with Crippen LogP contribution in [0.4, 0.5) is 0 Å². The molecule has 24 heavy (non-hydrogen) atoms. The van der Waals surface area contributed by atoms with E-state index in [2.05, 4.69) is 14.7 Å². The first-order chi connectivity index (χ1) is 10.8. The van der Waals surface area contributed by atoms with E-state index in [1.165, 1.54) is 51.4 Å². The van der Waals surface area contributed by atoms with E-state index in [0.29, 0.717) is 6.42 Å². The molecule has 0 bridgehead atoms. The third kappa shape index (κ3) is 20.8. The van der Waals surface area contributed by atoms with Gasteiger partial charge in [-0.15, -0.1) is 3.63 Å². The van der Waals surface area contributed by atoms with E-state index in [1.54, 1.807) is 0 Å². The van der Waals surface area contributed by atoms with E-state index in [0.717, 1.165) is 19.3 Å². The molecule has 0 aromatic carbocycles. The normalized spacial score (nSPS) is 12.1. The molecule has 0 radical (unpaired) electrons. The molecule has 0 aromatic rings. The Kier molecular flexibility index (Phi) is 18.0. The van der Waals surface area contributed by atoms with Crippen molar-refractivity contribution in [2.24, 2.45) is 0 Å². The van der Waals surface area contributed by atoms with E-state index in [-0.39, 0.29) is 36.2 Å². The van der Waals surface area contributed by atoms with Gasteiger partial charge in [0.1, 0.15) is 0 Å². The molecule has 0 saturated heterocycles. The smallest absolute Gasteiger partial charge is 0.725 e. The minimum atomic E-state index is -5.31. The fraction of sp³-hybridized carbons (Fsp3) is 1.00. The predicted molar refractivity (Wildman–Crippen MR) is 86.7 cm³/mol. The zero-order chi connectivity index (χ0) is 17.6. The fourth-order valence-corrected chi connectivity index (χ4v) is 3.52. The molecule has 0 aliphatic rings. The summed E-state index contributed by atoms with van der Waals surface area (Å²) < 4.78 is 59.8. The molecular weight excluding hydrogens is 367 g/mol. The minimum Gasteiger partial charge on any atom is -0.725 e. The second kappa shape index (κ2) is 16.0. The third-order valence-corrected chi connectivity index (χ3v) is 5.18. The summed E-state index contributed by atoms with van der Waals surface area (Å²) in [7, 11) is -10.1. The van der Waals surface area contributed by atoms with Crippen LogP contribution < -0.4 is 29.6 Å². The maximum Gasteiger partial charge on any atom is 1.00 e. The van der Waals surface area contributed by atoms with Crippen LogP contribution in [0.15, 0.2) is 0 Å². The molecule has 0 aliphatic heterocycles. The van der Waals surface area contributed by atoms with Gasteiger partial charge in [-0.2, -0.15) is 8.42 Å². The molecule has 0 amide bonds. The molecule has 10 heteroatoms. The molecule has 0 rings (SSSR count). The number of hydrogen-bond acceptors (Lipinski definition) is 7. The van der Waals surface area contributed by atoms with Crippen molar-refractivity contribution in [2.75, 3.05) is 6.61 Å². The van der Waals surface area contributed by atoms with Crippen molar-refractivity contribution >= 4 is 20.8 Å². The van der Waals surface area contributed by atoms with Crippen molar-refractivity contribution in [2.45, 2.75) is 84.0 Å². The Bertz CT molecular complexity index is 477. The van der Waals surface area contributed by atoms with Gasteiger partial charge in [-0.25, -0.2) is 12.6 Å². The quantitative estimate of drug-likeness (QED) is 0.161. The van der Waals surface area contributed by atoms with Gasteiger partial charge in [0.15, 0.2) is 0 Å². The van der Waals surface area contributed by atoms with Crippen molar-refractivity contribution in [1.82, 2.24) is 0 Å². The monoisotopic (exact) mass is 396 g/mol. The average molecular weight is 397 g/mol. The average Bonchev–Trinajstić information content (AvgIpc) is 2.41. The summed E-state index contributed by atoms with van der Waals surface area (Å²) in [6.07, 6.45) is 13.5. The Labute approximate surface area is 169 Å². The van der Waals surface area contributed by atoms with Crippen LogP contribution in [0.25, 0.3) is 0 Å². The van der Waals surface area contributed by atoms with Gasteiger partial charge in [-0.1, -0.05) is 77.6 Å². The van der Waals surface area contributed by atoms with Crippen LogP contribution in [0.2, 0.25) is 0 Å². The van der Waals surface area contributed by atoms with Gasteiger partial charge in [-0.3, -0.25) is 0 Å². The van der Waals surface area contributed by atoms with Gasteiger partial charge in [0.25, 0.3) is 0 Å². The van der Waals surface area contributed by atoms with Crippen molar-refractivity contribution in [3.8, 4) is 0 Å². The first-order valence-electron chi connectivity index (χ1n) is 8.33. The molecule has 0 fully saturated rings. The predicted octanol–water partition coefficient (Wildman–Crippen LogP) is 0.430. The molecule has 140 valence electrons. The summed E-state index contributed by atoms with van der Waals surface area (Å²) in [5, 5.41) is 0. The summed E-state index contributed by atoms with van der Waals surface area (Å²) in [4.78, 5) is 0. The SMILES string of the molecule is CCCCCCCCCCCCCCOS(=O)(=O)OS(=O)(=O)[O-].[Na+]. The topological polar surface area (TPSA) is 110 Å². The van der Waals surface area contributed by atoms with Crippen molar-refractivity contribution in [3.05, 3.63) is 0 Å². The van der Waals surface area contributed by atoms with Gasteiger partial charge in [0.2, 0.25) is 10.4 Å². The first kappa shape index (κ1) is 27.0. The van der Waals surface area contributed by atoms with E-state index < -0.39 is 20.8 Å². The van der Waals surface area contributed by atoms with Crippen molar-refractivity contribution in [1.29, 1.82) is 0 Å².